The molecule has 0 amide bonds. The summed E-state index contributed by atoms with van der Waals surface area (Å²) in [5.41, 5.74) is 0. The lowest BCUT2D eigenvalue weighted by Crippen LogP contribution is -2.25. The summed E-state index contributed by atoms with van der Waals surface area (Å²) in [6.45, 7) is 2.22. The molecule has 8 bridgehead atoms. The zero-order valence-corrected chi connectivity index (χ0v) is 31.2. The maximum atomic E-state index is 14.9. The Balaban J connectivity index is 1.06. The van der Waals surface area contributed by atoms with Gasteiger partial charge in [0.05, 0.1) is 31.7 Å². The predicted molar refractivity (Wildman–Crippen MR) is 213 cm³/mol. The van der Waals surface area contributed by atoms with Crippen LogP contribution in [0.4, 0.5) is 0 Å². The van der Waals surface area contributed by atoms with Gasteiger partial charge in [0, 0.05) is 15.9 Å². The van der Waals surface area contributed by atoms with Crippen LogP contribution in [-0.4, -0.2) is 26.4 Å². The topological polar surface area (TPSA) is 72.5 Å². The van der Waals surface area contributed by atoms with E-state index in [1.165, 1.54) is 0 Å². The molecule has 7 aliphatic rings. The predicted octanol–water partition coefficient (Wildman–Crippen LogP) is 9.21. The molecule has 7 aliphatic heterocycles. The van der Waals surface area contributed by atoms with E-state index in [-0.39, 0.29) is 0 Å². The number of hydrogen-bond acceptors (Lipinski definition) is 7. The zero-order valence-electron chi connectivity index (χ0n) is 29.4. The molecule has 7 nitrogen and oxygen atoms in total. The average molecular weight is 745 g/mol. The van der Waals surface area contributed by atoms with Crippen molar-refractivity contribution in [2.24, 2.45) is 0 Å². The van der Waals surface area contributed by atoms with E-state index < -0.39 is 15.5 Å². The molecule has 13 rings (SSSR count). The molecule has 9 heteroatoms. The molecule has 0 spiro atoms. The monoisotopic (exact) mass is 744 g/mol. The maximum Gasteiger partial charge on any atom is 0.326 e. The quantitative estimate of drug-likeness (QED) is 0.164. The lowest BCUT2D eigenvalue weighted by molar-refractivity contribution is 0.266. The lowest BCUT2D eigenvalue weighted by Gasteiger charge is -2.20. The Hall–Kier alpha value is -5.22. The molecule has 6 aromatic rings. The van der Waals surface area contributed by atoms with E-state index in [1.807, 2.05) is 158 Å². The zero-order chi connectivity index (χ0) is 36.1. The van der Waals surface area contributed by atoms with Crippen LogP contribution in [-0.2, 0) is 4.57 Å². The number of rotatable bonds is 2. The Morgan fingerprint density at radius 2 is 0.660 bits per heavy atom. The van der Waals surface area contributed by atoms with Crippen LogP contribution in [0.2, 0.25) is 0 Å². The molecule has 0 aromatic heterocycles. The van der Waals surface area contributed by atoms with E-state index in [1.54, 1.807) is 0 Å². The van der Waals surface area contributed by atoms with Crippen LogP contribution in [0, 0.1) is 0 Å². The molecule has 0 aliphatic carbocycles. The third kappa shape index (κ3) is 9.61. The van der Waals surface area contributed by atoms with Gasteiger partial charge in [-0.05, 0) is 135 Å². The summed E-state index contributed by atoms with van der Waals surface area (Å²) >= 11 is 0. The summed E-state index contributed by atoms with van der Waals surface area (Å²) in [5, 5.41) is 3.24. The maximum absolute atomic E-state index is 14.9. The Morgan fingerprint density at radius 3 is 1.04 bits per heavy atom. The molecule has 6 aromatic carbocycles. The van der Waals surface area contributed by atoms with Gasteiger partial charge in [-0.15, -0.1) is 0 Å². The van der Waals surface area contributed by atoms with Gasteiger partial charge in [-0.3, -0.25) is 0 Å². The van der Waals surface area contributed by atoms with E-state index in [0.717, 1.165) is 69.9 Å². The van der Waals surface area contributed by atoms with E-state index in [2.05, 4.69) is 0 Å². The first kappa shape index (κ1) is 36.2. The average Bonchev–Trinajstić information content (AvgIpc) is 3.22. The fourth-order valence-electron chi connectivity index (χ4n) is 5.82. The van der Waals surface area contributed by atoms with Gasteiger partial charge in [-0.1, -0.05) is 48.5 Å². The first-order valence-corrected chi connectivity index (χ1v) is 20.8. The van der Waals surface area contributed by atoms with Crippen molar-refractivity contribution in [2.75, 3.05) is 26.4 Å². The van der Waals surface area contributed by atoms with Crippen molar-refractivity contribution < 1.29 is 32.6 Å². The van der Waals surface area contributed by atoms with E-state index in [4.69, 9.17) is 28.0 Å². The van der Waals surface area contributed by atoms with Crippen molar-refractivity contribution in [3.8, 4) is 34.5 Å². The third-order valence-corrected chi connectivity index (χ3v) is 13.2. The Kier molecular flexibility index (Phi) is 12.3. The van der Waals surface area contributed by atoms with Crippen LogP contribution >= 0.6 is 15.5 Å². The van der Waals surface area contributed by atoms with E-state index in [0.29, 0.717) is 37.9 Å². The number of ether oxygens (including phenoxy) is 4. The lowest BCUT2D eigenvalue weighted by atomic mass is 10.3. The smallest absolute Gasteiger partial charge is 0.326 e. The molecule has 0 unspecified atom stereocenters. The van der Waals surface area contributed by atoms with Gasteiger partial charge in [0.2, 0.25) is 0 Å². The molecule has 0 N–H and O–H groups in total. The molecule has 0 saturated carbocycles. The highest BCUT2D eigenvalue weighted by molar-refractivity contribution is 7.85. The van der Waals surface area contributed by atoms with Crippen LogP contribution in [0.25, 0.3) is 0 Å². The molecule has 0 fully saturated rings. The summed E-state index contributed by atoms with van der Waals surface area (Å²) in [6, 6.07) is 50.1. The minimum atomic E-state index is -3.14. The fourth-order valence-corrected chi connectivity index (χ4v) is 9.73. The Labute approximate surface area is 312 Å². The fraction of sp³-hybridized carbons (Fsp3) is 0.182. The van der Waals surface area contributed by atoms with Crippen molar-refractivity contribution in [3.05, 3.63) is 158 Å². The molecular formula is C44H42O7P2. The van der Waals surface area contributed by atoms with E-state index in [9.17, 15) is 4.57 Å². The molecule has 270 valence electrons. The molecule has 7 heterocycles. The van der Waals surface area contributed by atoms with Crippen molar-refractivity contribution in [1.82, 2.24) is 0 Å². The van der Waals surface area contributed by atoms with E-state index >= 15 is 0 Å². The Bertz CT molecular complexity index is 1930. The van der Waals surface area contributed by atoms with Gasteiger partial charge < -0.3 is 32.6 Å². The number of benzene rings is 6. The van der Waals surface area contributed by atoms with Gasteiger partial charge in [-0.25, -0.2) is 0 Å². The van der Waals surface area contributed by atoms with Gasteiger partial charge >= 0.3 is 8.38 Å². The van der Waals surface area contributed by atoms with Crippen molar-refractivity contribution in [2.45, 2.75) is 25.7 Å². The summed E-state index contributed by atoms with van der Waals surface area (Å²) in [4.78, 5) is 0. The highest BCUT2D eigenvalue weighted by Crippen LogP contribution is 2.43. The molecular weight excluding hydrogens is 702 g/mol. The SMILES string of the molecule is O=P1(c2ccccc2)c2ccc(cc2)OCCCCOc2ccc(cc2)OP(c2ccccc2)Oc2ccc(cc2)OCCCCOc2ccc1cc2. The second-order valence-corrected chi connectivity index (χ2v) is 16.6. The summed E-state index contributed by atoms with van der Waals surface area (Å²) in [7, 11) is -4.58. The van der Waals surface area contributed by atoms with Gasteiger partial charge in [0.1, 0.15) is 34.5 Å². The van der Waals surface area contributed by atoms with Crippen LogP contribution in [0.1, 0.15) is 25.7 Å². The highest BCUT2D eigenvalue weighted by Gasteiger charge is 2.29. The van der Waals surface area contributed by atoms with Gasteiger partial charge in [-0.2, -0.15) is 0 Å². The van der Waals surface area contributed by atoms with Crippen LogP contribution in [0.3, 0.4) is 0 Å². The molecule has 0 atom stereocenters. The summed E-state index contributed by atoms with van der Waals surface area (Å²) < 4.78 is 51.8. The van der Waals surface area contributed by atoms with Crippen LogP contribution in [0.15, 0.2) is 158 Å². The summed E-state index contributed by atoms with van der Waals surface area (Å²) in [6.07, 6.45) is 3.31. The summed E-state index contributed by atoms with van der Waals surface area (Å²) in [5.74, 6) is 4.40. The molecule has 0 saturated heterocycles. The normalized spacial score (nSPS) is 18.5. The molecule has 0 radical (unpaired) electrons. The van der Waals surface area contributed by atoms with Crippen LogP contribution < -0.4 is 49.2 Å². The van der Waals surface area contributed by atoms with Gasteiger partial charge in [0.15, 0.2) is 7.14 Å². The number of hydrogen-bond donors (Lipinski definition) is 0. The van der Waals surface area contributed by atoms with Crippen LogP contribution in [0.5, 0.6) is 34.5 Å². The van der Waals surface area contributed by atoms with Crippen molar-refractivity contribution in [1.29, 1.82) is 0 Å². The molecule has 53 heavy (non-hydrogen) atoms. The first-order valence-electron chi connectivity index (χ1n) is 17.9. The van der Waals surface area contributed by atoms with Crippen molar-refractivity contribution >= 4 is 36.7 Å². The largest absolute Gasteiger partial charge is 0.494 e. The first-order chi connectivity index (χ1) is 26.1. The highest BCUT2D eigenvalue weighted by atomic mass is 31.2. The van der Waals surface area contributed by atoms with Crippen molar-refractivity contribution in [3.63, 3.8) is 0 Å². The third-order valence-electron chi connectivity index (χ3n) is 8.66. The Morgan fingerprint density at radius 1 is 0.358 bits per heavy atom. The minimum absolute atomic E-state index is 0.548. The van der Waals surface area contributed by atoms with Gasteiger partial charge in [0.25, 0.3) is 0 Å². The standard InChI is InChI=1S/C44H42O7P2/c45-53(42-13-5-2-6-14-42)43-27-23-37(24-28-43)48-33-9-7-31-46-35-15-19-39(20-16-35)50-52(41-11-3-1-4-12-41)51-40-21-17-36(18-22-40)47-32-8-10-34-49-38-25-29-44(53)30-26-38/h1-6,11-30H,7-10,31-34H2. The second-order valence-electron chi connectivity index (χ2n) is 12.5. The second kappa shape index (κ2) is 18.0. The minimum Gasteiger partial charge on any atom is -0.494 e.